The molecule has 3 nitrogen and oxygen atoms in total. The summed E-state index contributed by atoms with van der Waals surface area (Å²) in [5.41, 5.74) is 0.510. The fraction of sp³-hybridized carbons (Fsp3) is 0.562. The molecule has 0 amide bonds. The van der Waals surface area contributed by atoms with Gasteiger partial charge in [0.1, 0.15) is 11.6 Å². The summed E-state index contributed by atoms with van der Waals surface area (Å²) in [6.45, 7) is 7.69. The van der Waals surface area contributed by atoms with Gasteiger partial charge in [0.05, 0.1) is 19.1 Å². The highest BCUT2D eigenvalue weighted by Crippen LogP contribution is 2.40. The van der Waals surface area contributed by atoms with E-state index in [0.717, 1.165) is 0 Å². The Hall–Kier alpha value is -1.60. The normalized spacial score (nSPS) is 23.6. The number of benzene rings is 1. The molecule has 2 atom stereocenters. The molecule has 2 rings (SSSR count). The van der Waals surface area contributed by atoms with E-state index < -0.39 is 0 Å². The molecule has 0 bridgehead atoms. The van der Waals surface area contributed by atoms with Crippen molar-refractivity contribution in [1.82, 2.24) is 4.90 Å². The predicted octanol–water partition coefficient (Wildman–Crippen LogP) is 3.17. The van der Waals surface area contributed by atoms with Crippen molar-refractivity contribution < 1.29 is 9.13 Å². The lowest BCUT2D eigenvalue weighted by molar-refractivity contribution is 0.170. The van der Waals surface area contributed by atoms with Crippen LogP contribution in [0.5, 0.6) is 5.75 Å². The van der Waals surface area contributed by atoms with E-state index in [2.05, 4.69) is 31.7 Å². The average Bonchev–Trinajstić information content (AvgIpc) is 2.82. The van der Waals surface area contributed by atoms with Crippen molar-refractivity contribution in [3.8, 4) is 11.8 Å². The summed E-state index contributed by atoms with van der Waals surface area (Å²) in [7, 11) is 1.54. The van der Waals surface area contributed by atoms with Crippen molar-refractivity contribution >= 4 is 0 Å². The molecule has 1 aromatic carbocycles. The topological polar surface area (TPSA) is 36.3 Å². The maximum atomic E-state index is 14.2. The highest BCUT2D eigenvalue weighted by atomic mass is 19.1. The molecule has 0 unspecified atom stereocenters. The van der Waals surface area contributed by atoms with Crippen LogP contribution in [0.4, 0.5) is 4.39 Å². The molecule has 0 saturated carbocycles. The van der Waals surface area contributed by atoms with E-state index in [1.54, 1.807) is 12.1 Å². The van der Waals surface area contributed by atoms with Gasteiger partial charge in [-0.25, -0.2) is 4.39 Å². The lowest BCUT2D eigenvalue weighted by atomic mass is 9.89. The van der Waals surface area contributed by atoms with Crippen LogP contribution in [-0.2, 0) is 0 Å². The molecule has 1 aliphatic rings. The second-order valence-electron chi connectivity index (χ2n) is 6.27. The second kappa shape index (κ2) is 5.41. The van der Waals surface area contributed by atoms with E-state index in [1.807, 2.05) is 0 Å². The number of rotatable bonds is 2. The van der Waals surface area contributed by atoms with Crippen LogP contribution in [0.3, 0.4) is 0 Å². The molecule has 0 radical (unpaired) electrons. The van der Waals surface area contributed by atoms with E-state index in [0.29, 0.717) is 24.4 Å². The van der Waals surface area contributed by atoms with E-state index >= 15 is 0 Å². The zero-order chi connectivity index (χ0) is 14.9. The Labute approximate surface area is 120 Å². The zero-order valence-electron chi connectivity index (χ0n) is 12.5. The van der Waals surface area contributed by atoms with Gasteiger partial charge in [-0.1, -0.05) is 6.07 Å². The van der Waals surface area contributed by atoms with Crippen molar-refractivity contribution in [2.24, 2.45) is 5.92 Å². The highest BCUT2D eigenvalue weighted by molar-refractivity contribution is 5.40. The van der Waals surface area contributed by atoms with Crippen molar-refractivity contribution in [2.75, 3.05) is 20.2 Å². The summed E-state index contributed by atoms with van der Waals surface area (Å²) in [6, 6.07) is 7.16. The SMILES string of the molecule is COc1cccc(F)c1[C@@H]1CN(C(C)(C)C)C[C@H]1C#N. The third kappa shape index (κ3) is 2.64. The van der Waals surface area contributed by atoms with Crippen LogP contribution in [0.25, 0.3) is 0 Å². The van der Waals surface area contributed by atoms with Crippen LogP contribution < -0.4 is 4.74 Å². The first-order chi connectivity index (χ1) is 9.38. The van der Waals surface area contributed by atoms with Gasteiger partial charge in [0.2, 0.25) is 0 Å². The number of nitrogens with zero attached hydrogens (tertiary/aromatic N) is 2. The first-order valence-corrected chi connectivity index (χ1v) is 6.85. The van der Waals surface area contributed by atoms with Gasteiger partial charge in [0.25, 0.3) is 0 Å². The first-order valence-electron chi connectivity index (χ1n) is 6.85. The molecule has 108 valence electrons. The predicted molar refractivity (Wildman–Crippen MR) is 76.1 cm³/mol. The maximum Gasteiger partial charge on any atom is 0.130 e. The number of methoxy groups -OCH3 is 1. The van der Waals surface area contributed by atoms with Crippen LogP contribution >= 0.6 is 0 Å². The molecule has 1 aliphatic heterocycles. The zero-order valence-corrected chi connectivity index (χ0v) is 12.5. The Morgan fingerprint density at radius 3 is 2.60 bits per heavy atom. The molecule has 0 N–H and O–H groups in total. The van der Waals surface area contributed by atoms with Crippen LogP contribution in [0.15, 0.2) is 18.2 Å². The Bertz CT molecular complexity index is 530. The molecular formula is C16H21FN2O. The van der Waals surface area contributed by atoms with Gasteiger partial charge in [-0.2, -0.15) is 5.26 Å². The highest BCUT2D eigenvalue weighted by Gasteiger charge is 2.40. The number of nitriles is 1. The largest absolute Gasteiger partial charge is 0.496 e. The number of halogens is 1. The fourth-order valence-corrected chi connectivity index (χ4v) is 2.83. The molecule has 0 aromatic heterocycles. The fourth-order valence-electron chi connectivity index (χ4n) is 2.83. The van der Waals surface area contributed by atoms with Gasteiger partial charge in [-0.15, -0.1) is 0 Å². The first kappa shape index (κ1) is 14.8. The summed E-state index contributed by atoms with van der Waals surface area (Å²) >= 11 is 0. The van der Waals surface area contributed by atoms with Crippen molar-refractivity contribution in [1.29, 1.82) is 5.26 Å². The Kier molecular flexibility index (Phi) is 4.01. The molecule has 1 aromatic rings. The number of likely N-dealkylation sites (tertiary alicyclic amines) is 1. The summed E-state index contributed by atoms with van der Waals surface area (Å²) in [5.74, 6) is -0.105. The van der Waals surface area contributed by atoms with Crippen LogP contribution in [-0.4, -0.2) is 30.6 Å². The summed E-state index contributed by atoms with van der Waals surface area (Å²) in [6.07, 6.45) is 0. The van der Waals surface area contributed by atoms with E-state index in [9.17, 15) is 9.65 Å². The molecule has 0 aliphatic carbocycles. The molecule has 1 saturated heterocycles. The van der Waals surface area contributed by atoms with Gasteiger partial charge >= 0.3 is 0 Å². The van der Waals surface area contributed by atoms with Gasteiger partial charge in [0.15, 0.2) is 0 Å². The van der Waals surface area contributed by atoms with Gasteiger partial charge < -0.3 is 4.74 Å². The molecule has 4 heteroatoms. The third-order valence-corrected chi connectivity index (χ3v) is 4.04. The average molecular weight is 276 g/mol. The van der Waals surface area contributed by atoms with Crippen LogP contribution in [0, 0.1) is 23.1 Å². The summed E-state index contributed by atoms with van der Waals surface area (Å²) in [5, 5.41) is 9.40. The lowest BCUT2D eigenvalue weighted by Gasteiger charge is -2.31. The van der Waals surface area contributed by atoms with Crippen molar-refractivity contribution in [2.45, 2.75) is 32.2 Å². The van der Waals surface area contributed by atoms with Crippen molar-refractivity contribution in [3.63, 3.8) is 0 Å². The quantitative estimate of drug-likeness (QED) is 0.832. The van der Waals surface area contributed by atoms with Gasteiger partial charge in [-0.3, -0.25) is 4.90 Å². The minimum absolute atomic E-state index is 0.0255. The number of hydrogen-bond donors (Lipinski definition) is 0. The summed E-state index contributed by atoms with van der Waals surface area (Å²) in [4.78, 5) is 2.23. The molecule has 20 heavy (non-hydrogen) atoms. The van der Waals surface area contributed by atoms with Gasteiger partial charge in [-0.05, 0) is 32.9 Å². The third-order valence-electron chi connectivity index (χ3n) is 4.04. The molecular weight excluding hydrogens is 255 g/mol. The van der Waals surface area contributed by atoms with Gasteiger partial charge in [0, 0.05) is 30.1 Å². The smallest absolute Gasteiger partial charge is 0.130 e. The van der Waals surface area contributed by atoms with E-state index in [4.69, 9.17) is 4.74 Å². The second-order valence-corrected chi connectivity index (χ2v) is 6.27. The standard InChI is InChI=1S/C16H21FN2O/c1-16(2,3)19-9-11(8-18)12(10-19)15-13(17)6-5-7-14(15)20-4/h5-7,11-12H,9-10H2,1-4H3/t11-,12-/m1/s1. The minimum atomic E-state index is -0.287. The number of hydrogen-bond acceptors (Lipinski definition) is 3. The van der Waals surface area contributed by atoms with Crippen LogP contribution in [0.1, 0.15) is 32.3 Å². The number of ether oxygens (including phenoxy) is 1. The monoisotopic (exact) mass is 276 g/mol. The lowest BCUT2D eigenvalue weighted by Crippen LogP contribution is -2.39. The molecule has 1 fully saturated rings. The summed E-state index contributed by atoms with van der Waals surface area (Å²) < 4.78 is 19.5. The Balaban J connectivity index is 2.40. The van der Waals surface area contributed by atoms with Crippen molar-refractivity contribution in [3.05, 3.63) is 29.6 Å². The Morgan fingerprint density at radius 1 is 1.35 bits per heavy atom. The molecule has 1 heterocycles. The minimum Gasteiger partial charge on any atom is -0.496 e. The van der Waals surface area contributed by atoms with E-state index in [-0.39, 0.29) is 23.2 Å². The maximum absolute atomic E-state index is 14.2. The van der Waals surface area contributed by atoms with Crippen LogP contribution in [0.2, 0.25) is 0 Å². The Morgan fingerprint density at radius 2 is 2.05 bits per heavy atom. The van der Waals surface area contributed by atoms with E-state index in [1.165, 1.54) is 13.2 Å². The molecule has 0 spiro atoms.